The van der Waals surface area contributed by atoms with Crippen LogP contribution >= 0.6 is 33.0 Å². The van der Waals surface area contributed by atoms with E-state index in [4.69, 9.17) is 17.0 Å². The minimum absolute atomic E-state index is 0.826. The summed E-state index contributed by atoms with van der Waals surface area (Å²) in [6.45, 7) is 6.51. The zero-order valence-corrected chi connectivity index (χ0v) is 27.8. The Morgan fingerprint density at radius 2 is 1.57 bits per heavy atom. The molecule has 0 amide bonds. The average Bonchev–Trinajstić information content (AvgIpc) is 3.51. The smallest absolute Gasteiger partial charge is 0.0253 e. The number of benzene rings is 4. The van der Waals surface area contributed by atoms with Crippen molar-refractivity contribution in [2.24, 2.45) is 0 Å². The maximum Gasteiger partial charge on any atom is -0.0253 e. The fourth-order valence-electron chi connectivity index (χ4n) is 4.41. The van der Waals surface area contributed by atoms with Gasteiger partial charge >= 0.3 is 37.9 Å². The van der Waals surface area contributed by atoms with Crippen molar-refractivity contribution < 1.29 is 20.8 Å². The monoisotopic (exact) mass is 680 g/mol. The van der Waals surface area contributed by atoms with Crippen LogP contribution in [0.1, 0.15) is 23.6 Å². The van der Waals surface area contributed by atoms with Crippen molar-refractivity contribution in [3.8, 4) is 22.3 Å². The molecule has 0 spiro atoms. The molecule has 0 unspecified atom stereocenters. The molecule has 6 rings (SSSR count). The molecule has 0 aromatic heterocycles. The van der Waals surface area contributed by atoms with Crippen molar-refractivity contribution in [3.63, 3.8) is 0 Å². The molecular weight excluding hydrogens is 654 g/mol. The van der Waals surface area contributed by atoms with Crippen LogP contribution in [0, 0.1) is 6.07 Å². The first-order chi connectivity index (χ1) is 18.1. The maximum atomic E-state index is 4.93. The first-order valence-corrected chi connectivity index (χ1v) is 21.2. The number of rotatable bonds is 2. The van der Waals surface area contributed by atoms with E-state index in [9.17, 15) is 0 Å². The molecule has 5 aromatic rings. The van der Waals surface area contributed by atoms with Gasteiger partial charge in [-0.05, 0) is 30.5 Å². The normalized spacial score (nSPS) is 10.4. The third kappa shape index (κ3) is 8.32. The Hall–Kier alpha value is -1.35. The van der Waals surface area contributed by atoms with Crippen molar-refractivity contribution in [1.82, 2.24) is 0 Å². The predicted molar refractivity (Wildman–Crippen MR) is 165 cm³/mol. The van der Waals surface area contributed by atoms with Gasteiger partial charge in [-0.3, -0.25) is 0 Å². The molecule has 0 N–H and O–H groups in total. The molecule has 0 atom stereocenters. The van der Waals surface area contributed by atoms with Gasteiger partial charge in [-0.15, -0.1) is 40.1 Å². The van der Waals surface area contributed by atoms with E-state index in [1.807, 2.05) is 6.07 Å². The molecule has 0 heterocycles. The van der Waals surface area contributed by atoms with Crippen LogP contribution in [0.15, 0.2) is 102 Å². The molecule has 37 heavy (non-hydrogen) atoms. The van der Waals surface area contributed by atoms with E-state index in [1.54, 1.807) is 0 Å². The molecule has 0 fully saturated rings. The van der Waals surface area contributed by atoms with Gasteiger partial charge in [0.2, 0.25) is 0 Å². The molecule has 0 bridgehead atoms. The summed E-state index contributed by atoms with van der Waals surface area (Å²) in [6.07, 6.45) is 2.14. The van der Waals surface area contributed by atoms with Crippen LogP contribution in [0.2, 0.25) is 13.1 Å². The Morgan fingerprint density at radius 1 is 0.892 bits per heavy atom. The summed E-state index contributed by atoms with van der Waals surface area (Å²) in [5.74, 6) is 0. The molecule has 1 aliphatic carbocycles. The fourth-order valence-corrected chi connectivity index (χ4v) is 4.81. The second kappa shape index (κ2) is 15.9. The number of hydrogen-bond acceptors (Lipinski definition) is 0. The topological polar surface area (TPSA) is 0 Å². The van der Waals surface area contributed by atoms with Gasteiger partial charge in [-0.1, -0.05) is 95.1 Å². The van der Waals surface area contributed by atoms with Gasteiger partial charge in [0.1, 0.15) is 0 Å². The third-order valence-electron chi connectivity index (χ3n) is 5.97. The van der Waals surface area contributed by atoms with E-state index in [-0.39, 0.29) is 0 Å². The molecular formula is C32H29BrCl2SiZr. The zero-order valence-electron chi connectivity index (χ0n) is 21.3. The van der Waals surface area contributed by atoms with Crippen LogP contribution in [0.3, 0.4) is 0 Å². The average molecular weight is 684 g/mol. The van der Waals surface area contributed by atoms with Crippen LogP contribution in [0.5, 0.6) is 0 Å². The molecule has 186 valence electrons. The van der Waals surface area contributed by atoms with E-state index >= 15 is 0 Å². The quantitative estimate of drug-likeness (QED) is 0.126. The summed E-state index contributed by atoms with van der Waals surface area (Å²) in [6, 6.07) is 37.7. The maximum absolute atomic E-state index is 4.93. The number of hydrogen-bond donors (Lipinski definition) is 0. The van der Waals surface area contributed by atoms with Gasteiger partial charge in [0, 0.05) is 14.0 Å². The summed E-state index contributed by atoms with van der Waals surface area (Å²) < 4.78 is 1.12. The predicted octanol–water partition coefficient (Wildman–Crippen LogP) is 10.8. The molecule has 2 radical (unpaired) electrons. The second-order valence-corrected chi connectivity index (χ2v) is 14.2. The molecule has 0 aliphatic heterocycles. The summed E-state index contributed by atoms with van der Waals surface area (Å²) >= 11 is 2.72. The Balaban J connectivity index is 0.000000175. The van der Waals surface area contributed by atoms with Crippen molar-refractivity contribution in [3.05, 3.63) is 124 Å². The molecule has 0 nitrogen and oxygen atoms in total. The Morgan fingerprint density at radius 3 is 2.30 bits per heavy atom. The van der Waals surface area contributed by atoms with Crippen LogP contribution < -0.4 is 0 Å². The SMILES string of the molecule is CCc1cc2c(-c3cccc(Br)c3)cccc2[cH-]1.C[Si]C.[Cl][Zr+2][Cl].[c-]1cccc2c1Cc1ccccc1-2. The third-order valence-corrected chi connectivity index (χ3v) is 6.46. The minimum Gasteiger partial charge on any atom is -0.179 e. The van der Waals surface area contributed by atoms with Crippen molar-refractivity contribution in [2.45, 2.75) is 32.9 Å². The second-order valence-electron chi connectivity index (χ2n) is 8.50. The Bertz CT molecular complexity index is 1370. The van der Waals surface area contributed by atoms with Crippen LogP contribution in [-0.4, -0.2) is 9.52 Å². The Labute approximate surface area is 251 Å². The van der Waals surface area contributed by atoms with E-state index in [1.165, 1.54) is 49.7 Å². The molecule has 0 saturated carbocycles. The summed E-state index contributed by atoms with van der Waals surface area (Å²) in [7, 11) is 11.0. The van der Waals surface area contributed by atoms with Gasteiger partial charge < -0.3 is 0 Å². The minimum atomic E-state index is -0.826. The van der Waals surface area contributed by atoms with Crippen molar-refractivity contribution >= 4 is 53.2 Å². The molecule has 1 aliphatic rings. The fraction of sp³-hybridized carbons (Fsp3) is 0.156. The van der Waals surface area contributed by atoms with Crippen LogP contribution in [0.4, 0.5) is 0 Å². The van der Waals surface area contributed by atoms with Gasteiger partial charge in [0.15, 0.2) is 0 Å². The van der Waals surface area contributed by atoms with E-state index in [2.05, 4.69) is 133 Å². The largest absolute Gasteiger partial charge is 0.179 e. The first kappa shape index (κ1) is 30.2. The van der Waals surface area contributed by atoms with E-state index in [0.29, 0.717) is 0 Å². The van der Waals surface area contributed by atoms with Crippen LogP contribution in [-0.2, 0) is 33.7 Å². The van der Waals surface area contributed by atoms with Gasteiger partial charge in [-0.2, -0.15) is 35.9 Å². The number of aryl methyl sites for hydroxylation is 1. The Kier molecular flexibility index (Phi) is 13.0. The van der Waals surface area contributed by atoms with E-state index in [0.717, 1.165) is 26.8 Å². The number of fused-ring (bicyclic) bond motifs is 4. The van der Waals surface area contributed by atoms with Crippen LogP contribution in [0.25, 0.3) is 33.0 Å². The zero-order chi connectivity index (χ0) is 26.6. The van der Waals surface area contributed by atoms with E-state index < -0.39 is 20.8 Å². The summed E-state index contributed by atoms with van der Waals surface area (Å²) in [5, 5.41) is 2.69. The molecule has 0 saturated heterocycles. The van der Waals surface area contributed by atoms with Crippen molar-refractivity contribution in [2.75, 3.05) is 0 Å². The molecule has 5 aromatic carbocycles. The summed E-state index contributed by atoms with van der Waals surface area (Å²) in [5.41, 5.74) is 9.50. The standard InChI is InChI=1S/C17H14Br.C13H9.C2H6Si.2ClH.Zr/c1-2-12-9-13-6-4-8-16(17(13)10-12)14-5-3-7-15(18)11-14;1-3-7-12-10(5-1)9-11-6-2-4-8-13(11)12;1-3-2;;;/h3-11H,2H2,1H3;1-5,7-8H,9H2;1-2H3;2*1H;/q2*-1;;;;+4/p-2. The first-order valence-electron chi connectivity index (χ1n) is 12.1. The van der Waals surface area contributed by atoms with Gasteiger partial charge in [0.25, 0.3) is 0 Å². The number of halogens is 3. The van der Waals surface area contributed by atoms with Gasteiger partial charge in [0.05, 0.1) is 0 Å². The summed E-state index contributed by atoms with van der Waals surface area (Å²) in [4.78, 5) is 0. The van der Waals surface area contributed by atoms with Crippen molar-refractivity contribution in [1.29, 1.82) is 0 Å². The molecule has 5 heteroatoms. The van der Waals surface area contributed by atoms with Gasteiger partial charge in [-0.25, -0.2) is 0 Å².